The Bertz CT molecular complexity index is 565. The Morgan fingerprint density at radius 3 is 2.45 bits per heavy atom. The molecule has 0 unspecified atom stereocenters. The van der Waals surface area contributed by atoms with Crippen molar-refractivity contribution in [1.29, 1.82) is 0 Å². The summed E-state index contributed by atoms with van der Waals surface area (Å²) in [4.78, 5) is 0. The van der Waals surface area contributed by atoms with E-state index < -0.39 is 10.0 Å². The van der Waals surface area contributed by atoms with Crippen molar-refractivity contribution in [2.24, 2.45) is 0 Å². The number of hydrogen-bond donors (Lipinski definition) is 1. The van der Waals surface area contributed by atoms with Crippen LogP contribution in [-0.4, -0.2) is 37.0 Å². The number of nitrogens with zero attached hydrogens (tertiary/aromatic N) is 1. The molecule has 1 fully saturated rings. The average Bonchev–Trinajstić information content (AvgIpc) is 2.35. The summed E-state index contributed by atoms with van der Waals surface area (Å²) in [6.07, 6.45) is 4.33. The zero-order valence-electron chi connectivity index (χ0n) is 11.1. The molecule has 0 radical (unpaired) electrons. The quantitative estimate of drug-likeness (QED) is 0.877. The molecule has 0 saturated heterocycles. The first-order chi connectivity index (χ1) is 9.53. The third-order valence-electron chi connectivity index (χ3n) is 3.43. The van der Waals surface area contributed by atoms with E-state index in [0.717, 1.165) is 24.8 Å². The van der Waals surface area contributed by atoms with Gasteiger partial charge in [-0.3, -0.25) is 0 Å². The smallest absolute Gasteiger partial charge is 0.236 e. The molecule has 1 aliphatic carbocycles. The Kier molecular flexibility index (Phi) is 5.21. The fraction of sp³-hybridized carbons (Fsp3) is 0.429. The van der Waals surface area contributed by atoms with Crippen LogP contribution in [0.25, 0.3) is 6.08 Å². The van der Waals surface area contributed by atoms with Crippen LogP contribution in [0.4, 0.5) is 0 Å². The van der Waals surface area contributed by atoms with Gasteiger partial charge in [0.05, 0.1) is 6.61 Å². The van der Waals surface area contributed by atoms with E-state index in [2.05, 4.69) is 0 Å². The van der Waals surface area contributed by atoms with Crippen LogP contribution in [0.3, 0.4) is 0 Å². The number of hydrogen-bond acceptors (Lipinski definition) is 3. The van der Waals surface area contributed by atoms with E-state index in [0.29, 0.717) is 5.02 Å². The zero-order chi connectivity index (χ0) is 14.6. The average molecular weight is 316 g/mol. The molecule has 0 spiro atoms. The highest BCUT2D eigenvalue weighted by Gasteiger charge is 2.31. The minimum absolute atomic E-state index is 0.0296. The number of halogens is 1. The van der Waals surface area contributed by atoms with Crippen LogP contribution in [0.15, 0.2) is 29.7 Å². The van der Waals surface area contributed by atoms with Crippen LogP contribution in [0.1, 0.15) is 24.8 Å². The maximum Gasteiger partial charge on any atom is 0.236 e. The molecule has 0 amide bonds. The van der Waals surface area contributed by atoms with Crippen molar-refractivity contribution in [1.82, 2.24) is 4.31 Å². The van der Waals surface area contributed by atoms with Crippen LogP contribution in [-0.2, 0) is 10.0 Å². The SMILES string of the molecule is O=S(=O)(/C=C/c1ccc(Cl)cc1)N(CCO)C1CCC1. The van der Waals surface area contributed by atoms with Gasteiger partial charge in [0.15, 0.2) is 0 Å². The van der Waals surface area contributed by atoms with E-state index in [1.807, 2.05) is 0 Å². The van der Waals surface area contributed by atoms with Crippen molar-refractivity contribution in [2.75, 3.05) is 13.2 Å². The highest BCUT2D eigenvalue weighted by molar-refractivity contribution is 7.92. The van der Waals surface area contributed by atoms with Gasteiger partial charge in [0.2, 0.25) is 10.0 Å². The van der Waals surface area contributed by atoms with Gasteiger partial charge in [-0.1, -0.05) is 30.2 Å². The molecule has 2 rings (SSSR count). The van der Waals surface area contributed by atoms with Crippen molar-refractivity contribution in [3.63, 3.8) is 0 Å². The molecule has 1 N–H and O–H groups in total. The molecule has 1 aromatic carbocycles. The predicted octanol–water partition coefficient (Wildman–Crippen LogP) is 2.49. The van der Waals surface area contributed by atoms with Crippen molar-refractivity contribution < 1.29 is 13.5 Å². The number of benzene rings is 1. The van der Waals surface area contributed by atoms with E-state index in [1.165, 1.54) is 9.71 Å². The summed E-state index contributed by atoms with van der Waals surface area (Å²) in [5.74, 6) is 0. The van der Waals surface area contributed by atoms with Gasteiger partial charge in [-0.15, -0.1) is 0 Å². The molecular formula is C14H18ClNO3S. The number of aliphatic hydroxyl groups excluding tert-OH is 1. The molecule has 4 nitrogen and oxygen atoms in total. The lowest BCUT2D eigenvalue weighted by Crippen LogP contribution is -2.44. The molecule has 1 saturated carbocycles. The first kappa shape index (κ1) is 15.5. The topological polar surface area (TPSA) is 57.6 Å². The van der Waals surface area contributed by atoms with Crippen LogP contribution < -0.4 is 0 Å². The van der Waals surface area contributed by atoms with Crippen molar-refractivity contribution in [3.05, 3.63) is 40.3 Å². The van der Waals surface area contributed by atoms with Gasteiger partial charge >= 0.3 is 0 Å². The summed E-state index contributed by atoms with van der Waals surface area (Å²) in [7, 11) is -3.49. The van der Waals surface area contributed by atoms with Gasteiger partial charge in [-0.05, 0) is 36.6 Å². The first-order valence-electron chi connectivity index (χ1n) is 6.59. The summed E-state index contributed by atoms with van der Waals surface area (Å²) >= 11 is 5.78. The lowest BCUT2D eigenvalue weighted by molar-refractivity contribution is 0.179. The van der Waals surface area contributed by atoms with Gasteiger partial charge < -0.3 is 5.11 Å². The van der Waals surface area contributed by atoms with Gasteiger partial charge in [0.1, 0.15) is 0 Å². The van der Waals surface area contributed by atoms with E-state index in [4.69, 9.17) is 16.7 Å². The molecule has 110 valence electrons. The minimum Gasteiger partial charge on any atom is -0.395 e. The lowest BCUT2D eigenvalue weighted by atomic mass is 9.93. The summed E-state index contributed by atoms with van der Waals surface area (Å²) in [6, 6.07) is 6.97. The fourth-order valence-corrected chi connectivity index (χ4v) is 3.68. The van der Waals surface area contributed by atoms with Crippen molar-refractivity contribution in [2.45, 2.75) is 25.3 Å². The Labute approximate surface area is 124 Å². The van der Waals surface area contributed by atoms with Gasteiger partial charge in [0, 0.05) is 23.0 Å². The molecule has 0 aliphatic heterocycles. The largest absolute Gasteiger partial charge is 0.395 e. The lowest BCUT2D eigenvalue weighted by Gasteiger charge is -2.35. The highest BCUT2D eigenvalue weighted by atomic mass is 35.5. The molecule has 20 heavy (non-hydrogen) atoms. The van der Waals surface area contributed by atoms with Crippen LogP contribution >= 0.6 is 11.6 Å². The van der Waals surface area contributed by atoms with Crippen LogP contribution in [0.5, 0.6) is 0 Å². The van der Waals surface area contributed by atoms with Crippen LogP contribution in [0, 0.1) is 0 Å². The number of rotatable bonds is 6. The highest BCUT2D eigenvalue weighted by Crippen LogP contribution is 2.27. The summed E-state index contributed by atoms with van der Waals surface area (Å²) in [6.45, 7) is -0.0114. The standard InChI is InChI=1S/C14H18ClNO3S/c15-13-6-4-12(5-7-13)8-11-20(18,19)16(9-10-17)14-2-1-3-14/h4-8,11,14,17H,1-3,9-10H2/b11-8+. The molecule has 0 atom stereocenters. The summed E-state index contributed by atoms with van der Waals surface area (Å²) < 4.78 is 26.0. The van der Waals surface area contributed by atoms with E-state index >= 15 is 0 Å². The molecule has 1 aromatic rings. The van der Waals surface area contributed by atoms with E-state index in [1.54, 1.807) is 30.3 Å². The van der Waals surface area contributed by atoms with Crippen molar-refractivity contribution >= 4 is 27.7 Å². The van der Waals surface area contributed by atoms with Gasteiger partial charge in [-0.25, -0.2) is 8.42 Å². The van der Waals surface area contributed by atoms with E-state index in [9.17, 15) is 8.42 Å². The Morgan fingerprint density at radius 2 is 1.95 bits per heavy atom. The Hall–Kier alpha value is -0.880. The third-order valence-corrected chi connectivity index (χ3v) is 5.30. The molecule has 0 heterocycles. The van der Waals surface area contributed by atoms with Crippen LogP contribution in [0.2, 0.25) is 5.02 Å². The maximum atomic E-state index is 12.3. The molecule has 1 aliphatic rings. The Balaban J connectivity index is 2.13. The van der Waals surface area contributed by atoms with Gasteiger partial charge in [-0.2, -0.15) is 4.31 Å². The fourth-order valence-electron chi connectivity index (χ4n) is 2.11. The van der Waals surface area contributed by atoms with Crippen molar-refractivity contribution in [3.8, 4) is 0 Å². The summed E-state index contributed by atoms with van der Waals surface area (Å²) in [5.41, 5.74) is 0.774. The third kappa shape index (κ3) is 3.82. The second-order valence-electron chi connectivity index (χ2n) is 4.82. The molecular weight excluding hydrogens is 298 g/mol. The molecule has 6 heteroatoms. The predicted molar refractivity (Wildman–Crippen MR) is 80.8 cm³/mol. The maximum absolute atomic E-state index is 12.3. The minimum atomic E-state index is -3.49. The monoisotopic (exact) mass is 315 g/mol. The first-order valence-corrected chi connectivity index (χ1v) is 8.47. The number of aliphatic hydroxyl groups is 1. The molecule has 0 aromatic heterocycles. The second kappa shape index (κ2) is 6.72. The van der Waals surface area contributed by atoms with E-state index in [-0.39, 0.29) is 19.2 Å². The Morgan fingerprint density at radius 1 is 1.30 bits per heavy atom. The number of sulfonamides is 1. The zero-order valence-corrected chi connectivity index (χ0v) is 12.6. The van der Waals surface area contributed by atoms with Gasteiger partial charge in [0.25, 0.3) is 0 Å². The second-order valence-corrected chi connectivity index (χ2v) is 7.03. The summed E-state index contributed by atoms with van der Waals surface area (Å²) in [5, 5.41) is 10.9. The normalized spacial score (nSPS) is 16.8. The molecule has 0 bridgehead atoms.